The van der Waals surface area contributed by atoms with Crippen molar-refractivity contribution in [2.24, 2.45) is 4.99 Å². The van der Waals surface area contributed by atoms with Crippen LogP contribution in [0.5, 0.6) is 5.75 Å². The SMILES string of the molecule is COc1ccc(CSC2=N[C@@H]3CS(=O)(=O)C[C@@H]3N2c2cccc(Cl)c2)cc1. The number of fused-ring (bicyclic) bond motifs is 1. The Balaban J connectivity index is 1.58. The molecule has 27 heavy (non-hydrogen) atoms. The predicted molar refractivity (Wildman–Crippen MR) is 112 cm³/mol. The van der Waals surface area contributed by atoms with Crippen molar-refractivity contribution in [3.63, 3.8) is 0 Å². The molecule has 0 saturated carbocycles. The number of hydrogen-bond acceptors (Lipinski definition) is 6. The zero-order valence-electron chi connectivity index (χ0n) is 14.7. The first-order valence-corrected chi connectivity index (χ1v) is 11.7. The summed E-state index contributed by atoms with van der Waals surface area (Å²) < 4.78 is 29.4. The van der Waals surface area contributed by atoms with Crippen LogP contribution in [0.3, 0.4) is 0 Å². The average Bonchev–Trinajstić information content (AvgIpc) is 3.11. The summed E-state index contributed by atoms with van der Waals surface area (Å²) in [5.74, 6) is 1.80. The van der Waals surface area contributed by atoms with E-state index >= 15 is 0 Å². The molecule has 0 aromatic heterocycles. The van der Waals surface area contributed by atoms with Gasteiger partial charge in [-0.2, -0.15) is 0 Å². The van der Waals surface area contributed by atoms with Crippen LogP contribution in [-0.4, -0.2) is 44.3 Å². The van der Waals surface area contributed by atoms with Crippen molar-refractivity contribution in [3.8, 4) is 5.75 Å². The van der Waals surface area contributed by atoms with Crippen molar-refractivity contribution in [2.75, 3.05) is 23.5 Å². The fourth-order valence-electron chi connectivity index (χ4n) is 3.43. The highest BCUT2D eigenvalue weighted by atomic mass is 35.5. The summed E-state index contributed by atoms with van der Waals surface area (Å²) in [6.45, 7) is 0. The van der Waals surface area contributed by atoms with E-state index in [9.17, 15) is 8.42 Å². The first kappa shape index (κ1) is 18.7. The minimum absolute atomic E-state index is 0.112. The molecular weight excluding hydrogens is 404 g/mol. The molecule has 0 radical (unpaired) electrons. The molecule has 0 amide bonds. The van der Waals surface area contributed by atoms with Crippen LogP contribution in [0.2, 0.25) is 5.02 Å². The molecule has 142 valence electrons. The van der Waals surface area contributed by atoms with E-state index in [1.54, 1.807) is 18.9 Å². The molecule has 0 aliphatic carbocycles. The van der Waals surface area contributed by atoms with Gasteiger partial charge in [-0.05, 0) is 35.9 Å². The van der Waals surface area contributed by atoms with Gasteiger partial charge in [0.05, 0.1) is 30.7 Å². The number of amidine groups is 1. The lowest BCUT2D eigenvalue weighted by molar-refractivity contribution is 0.414. The third-order valence-electron chi connectivity index (χ3n) is 4.72. The Morgan fingerprint density at radius 1 is 1.22 bits per heavy atom. The van der Waals surface area contributed by atoms with Gasteiger partial charge in [0.15, 0.2) is 15.0 Å². The summed E-state index contributed by atoms with van der Waals surface area (Å²) in [6, 6.07) is 15.0. The number of rotatable bonds is 4. The maximum Gasteiger partial charge on any atom is 0.164 e. The first-order chi connectivity index (χ1) is 12.9. The van der Waals surface area contributed by atoms with Crippen LogP contribution in [0, 0.1) is 0 Å². The van der Waals surface area contributed by atoms with Gasteiger partial charge in [-0.1, -0.05) is 41.6 Å². The van der Waals surface area contributed by atoms with E-state index in [1.165, 1.54) is 0 Å². The predicted octanol–water partition coefficient (Wildman–Crippen LogP) is 3.62. The van der Waals surface area contributed by atoms with Gasteiger partial charge in [-0.3, -0.25) is 4.99 Å². The fraction of sp³-hybridized carbons (Fsp3) is 0.316. The number of anilines is 1. The minimum atomic E-state index is -3.06. The van der Waals surface area contributed by atoms with E-state index in [0.29, 0.717) is 5.02 Å². The van der Waals surface area contributed by atoms with E-state index in [4.69, 9.17) is 21.3 Å². The Morgan fingerprint density at radius 3 is 2.70 bits per heavy atom. The molecule has 2 heterocycles. The number of nitrogens with zero attached hydrogens (tertiary/aromatic N) is 2. The van der Waals surface area contributed by atoms with Crippen LogP contribution in [-0.2, 0) is 15.6 Å². The smallest absolute Gasteiger partial charge is 0.164 e. The van der Waals surface area contributed by atoms with E-state index in [1.807, 2.05) is 53.4 Å². The molecule has 2 aromatic carbocycles. The molecule has 0 bridgehead atoms. The van der Waals surface area contributed by atoms with Crippen LogP contribution in [0.1, 0.15) is 5.56 Å². The largest absolute Gasteiger partial charge is 0.497 e. The quantitative estimate of drug-likeness (QED) is 0.753. The molecule has 2 aliphatic heterocycles. The lowest BCUT2D eigenvalue weighted by Gasteiger charge is -2.26. The van der Waals surface area contributed by atoms with Crippen molar-refractivity contribution in [3.05, 3.63) is 59.1 Å². The van der Waals surface area contributed by atoms with Crippen LogP contribution in [0.15, 0.2) is 53.5 Å². The summed E-state index contributed by atoms with van der Waals surface area (Å²) in [6.07, 6.45) is 0. The van der Waals surface area contributed by atoms with Crippen LogP contribution >= 0.6 is 23.4 Å². The Bertz CT molecular complexity index is 977. The summed E-state index contributed by atoms with van der Waals surface area (Å²) in [5.41, 5.74) is 2.03. The maximum atomic E-state index is 12.1. The number of hydrogen-bond donors (Lipinski definition) is 0. The Kier molecular flexibility index (Phi) is 5.09. The second-order valence-corrected chi connectivity index (χ2v) is 10.1. The molecule has 1 fully saturated rings. The van der Waals surface area contributed by atoms with Crippen molar-refractivity contribution in [2.45, 2.75) is 17.8 Å². The molecule has 8 heteroatoms. The Morgan fingerprint density at radius 2 is 2.00 bits per heavy atom. The van der Waals surface area contributed by atoms with Crippen molar-refractivity contribution in [1.82, 2.24) is 0 Å². The number of sulfone groups is 1. The van der Waals surface area contributed by atoms with E-state index < -0.39 is 9.84 Å². The normalized spacial score (nSPS) is 23.2. The summed E-state index contributed by atoms with van der Waals surface area (Å²) in [5, 5.41) is 1.47. The minimum Gasteiger partial charge on any atom is -0.497 e. The molecule has 2 atom stereocenters. The van der Waals surface area contributed by atoms with Gasteiger partial charge in [0.25, 0.3) is 0 Å². The topological polar surface area (TPSA) is 59.0 Å². The molecular formula is C19H19ClN2O3S2. The molecule has 5 nitrogen and oxygen atoms in total. The zero-order valence-corrected chi connectivity index (χ0v) is 17.1. The summed E-state index contributed by atoms with van der Waals surface area (Å²) >= 11 is 7.78. The molecule has 1 saturated heterocycles. The maximum absolute atomic E-state index is 12.1. The number of aliphatic imine (C=N–C) groups is 1. The van der Waals surface area contributed by atoms with Gasteiger partial charge in [0.2, 0.25) is 0 Å². The van der Waals surface area contributed by atoms with Crippen LogP contribution in [0.4, 0.5) is 5.69 Å². The number of ether oxygens (including phenoxy) is 1. The number of benzene rings is 2. The highest BCUT2D eigenvalue weighted by Crippen LogP contribution is 2.36. The fourth-order valence-corrected chi connectivity index (χ4v) is 6.54. The molecule has 0 unspecified atom stereocenters. The van der Waals surface area contributed by atoms with Crippen LogP contribution in [0.25, 0.3) is 0 Å². The zero-order chi connectivity index (χ0) is 19.0. The summed E-state index contributed by atoms with van der Waals surface area (Å²) in [4.78, 5) is 6.78. The highest BCUT2D eigenvalue weighted by Gasteiger charge is 2.47. The van der Waals surface area contributed by atoms with Gasteiger partial charge in [-0.25, -0.2) is 8.42 Å². The monoisotopic (exact) mass is 422 g/mol. The standard InChI is InChI=1S/C19H19ClN2O3S2/c1-25-16-7-5-13(6-8-16)10-26-19-21-17-11-27(23,24)12-18(17)22(19)15-4-2-3-14(20)9-15/h2-9,17-18H,10-12H2,1H3/t17-,18+/m1/s1. The third kappa shape index (κ3) is 3.95. The molecule has 0 spiro atoms. The molecule has 2 aliphatic rings. The van der Waals surface area contributed by atoms with Gasteiger partial charge in [0, 0.05) is 16.5 Å². The second kappa shape index (κ2) is 7.37. The third-order valence-corrected chi connectivity index (χ3v) is 7.69. The molecule has 0 N–H and O–H groups in total. The Hall–Kier alpha value is -1.70. The Labute approximate surface area is 168 Å². The van der Waals surface area contributed by atoms with Gasteiger partial charge in [0.1, 0.15) is 5.75 Å². The van der Waals surface area contributed by atoms with Gasteiger partial charge < -0.3 is 9.64 Å². The van der Waals surface area contributed by atoms with Crippen molar-refractivity contribution in [1.29, 1.82) is 0 Å². The first-order valence-electron chi connectivity index (χ1n) is 8.54. The van der Waals surface area contributed by atoms with Gasteiger partial charge in [-0.15, -0.1) is 0 Å². The second-order valence-electron chi connectivity index (χ2n) is 6.61. The van der Waals surface area contributed by atoms with E-state index in [0.717, 1.165) is 27.9 Å². The summed E-state index contributed by atoms with van der Waals surface area (Å²) in [7, 11) is -1.41. The number of thioether (sulfide) groups is 1. The van der Waals surface area contributed by atoms with E-state index in [2.05, 4.69) is 0 Å². The number of methoxy groups -OCH3 is 1. The van der Waals surface area contributed by atoms with Gasteiger partial charge >= 0.3 is 0 Å². The van der Waals surface area contributed by atoms with Crippen molar-refractivity contribution < 1.29 is 13.2 Å². The number of halogens is 1. The van der Waals surface area contributed by atoms with E-state index in [-0.39, 0.29) is 23.6 Å². The highest BCUT2D eigenvalue weighted by molar-refractivity contribution is 8.13. The lowest BCUT2D eigenvalue weighted by Crippen LogP contribution is -2.39. The van der Waals surface area contributed by atoms with Crippen molar-refractivity contribution >= 4 is 44.1 Å². The lowest BCUT2D eigenvalue weighted by atomic mass is 10.1. The van der Waals surface area contributed by atoms with Crippen LogP contribution < -0.4 is 9.64 Å². The average molecular weight is 423 g/mol. The molecule has 2 aromatic rings. The molecule has 4 rings (SSSR count).